The van der Waals surface area contributed by atoms with E-state index >= 15 is 0 Å². The van der Waals surface area contributed by atoms with Crippen molar-refractivity contribution < 1.29 is 0 Å². The molecule has 0 spiro atoms. The van der Waals surface area contributed by atoms with Gasteiger partial charge in [-0.2, -0.15) is 0 Å². The molecule has 0 aromatic rings. The molecule has 0 aromatic heterocycles. The summed E-state index contributed by atoms with van der Waals surface area (Å²) in [5, 5.41) is 0. The molecule has 182 valence electrons. The van der Waals surface area contributed by atoms with Crippen molar-refractivity contribution in [1.29, 1.82) is 0 Å². The van der Waals surface area contributed by atoms with Crippen LogP contribution in [0.25, 0.3) is 0 Å². The van der Waals surface area contributed by atoms with Gasteiger partial charge in [-0.05, 0) is 44.9 Å². The van der Waals surface area contributed by atoms with E-state index in [-0.39, 0.29) is 5.79 Å². The molecule has 0 radical (unpaired) electrons. The maximum atomic E-state index is 2.93. The molecule has 0 rings (SSSR count). The van der Waals surface area contributed by atoms with Gasteiger partial charge in [0.2, 0.25) is 0 Å². The van der Waals surface area contributed by atoms with Crippen molar-refractivity contribution in [3.63, 3.8) is 0 Å². The van der Waals surface area contributed by atoms with Crippen LogP contribution in [0.3, 0.4) is 0 Å². The first-order valence-electron chi connectivity index (χ1n) is 13.9. The molecular formula is C27H59N3. The fraction of sp³-hybridized carbons (Fsp3) is 1.00. The SMILES string of the molecule is CCCCN(CCCC)C(CC)(N(CCCC)CCCC)N(CCCC)CCCC. The Balaban J connectivity index is 6.26. The second kappa shape index (κ2) is 19.6. The van der Waals surface area contributed by atoms with Gasteiger partial charge in [0, 0.05) is 39.3 Å². The van der Waals surface area contributed by atoms with Crippen LogP contribution >= 0.6 is 0 Å². The zero-order valence-corrected chi connectivity index (χ0v) is 22.3. The van der Waals surface area contributed by atoms with Crippen LogP contribution in [0.2, 0.25) is 0 Å². The number of unbranched alkanes of at least 4 members (excludes halogenated alkanes) is 6. The molecule has 3 heteroatoms. The van der Waals surface area contributed by atoms with Gasteiger partial charge in [-0.1, -0.05) is 87.0 Å². The van der Waals surface area contributed by atoms with Gasteiger partial charge >= 0.3 is 0 Å². The third-order valence-corrected chi connectivity index (χ3v) is 6.68. The first kappa shape index (κ1) is 29.9. The topological polar surface area (TPSA) is 9.72 Å². The molecule has 0 fully saturated rings. The highest BCUT2D eigenvalue weighted by atomic mass is 15.6. The summed E-state index contributed by atoms with van der Waals surface area (Å²) in [7, 11) is 0. The Morgan fingerprint density at radius 2 is 0.567 bits per heavy atom. The van der Waals surface area contributed by atoms with E-state index in [9.17, 15) is 0 Å². The lowest BCUT2D eigenvalue weighted by atomic mass is 10.0. The first-order valence-corrected chi connectivity index (χ1v) is 13.9. The summed E-state index contributed by atoms with van der Waals surface area (Å²) < 4.78 is 0. The van der Waals surface area contributed by atoms with Crippen LogP contribution in [-0.2, 0) is 0 Å². The molecule has 0 unspecified atom stereocenters. The van der Waals surface area contributed by atoms with Crippen LogP contribution < -0.4 is 0 Å². The minimum absolute atomic E-state index is 0.0963. The van der Waals surface area contributed by atoms with Gasteiger partial charge in [-0.25, -0.2) is 0 Å². The highest BCUT2D eigenvalue weighted by molar-refractivity contribution is 4.91. The Bertz CT molecular complexity index is 284. The average Bonchev–Trinajstić information content (AvgIpc) is 2.77. The third kappa shape index (κ3) is 10.0. The third-order valence-electron chi connectivity index (χ3n) is 6.68. The fourth-order valence-electron chi connectivity index (χ4n) is 4.77. The maximum absolute atomic E-state index is 2.93. The highest BCUT2D eigenvalue weighted by Gasteiger charge is 2.44. The van der Waals surface area contributed by atoms with Gasteiger partial charge < -0.3 is 0 Å². The van der Waals surface area contributed by atoms with E-state index in [1.165, 1.54) is 123 Å². The monoisotopic (exact) mass is 425 g/mol. The Morgan fingerprint density at radius 1 is 0.367 bits per heavy atom. The lowest BCUT2D eigenvalue weighted by molar-refractivity contribution is -0.176. The smallest absolute Gasteiger partial charge is 0.130 e. The molecule has 0 atom stereocenters. The first-order chi connectivity index (χ1) is 14.6. The van der Waals surface area contributed by atoms with Crippen molar-refractivity contribution in [2.45, 2.75) is 138 Å². The predicted octanol–water partition coefficient (Wildman–Crippen LogP) is 7.76. The second-order valence-corrected chi connectivity index (χ2v) is 9.21. The van der Waals surface area contributed by atoms with E-state index in [0.717, 1.165) is 0 Å². The standard InChI is InChI=1S/C27H59N3/c1-8-15-21-28(22-16-9-2)27(14-7,29(23-17-10-3)24-18-11-4)30(25-19-12-5)26-20-13-6/h8-26H2,1-7H3. The number of rotatable bonds is 22. The highest BCUT2D eigenvalue weighted by Crippen LogP contribution is 2.32. The maximum Gasteiger partial charge on any atom is 0.130 e. The second-order valence-electron chi connectivity index (χ2n) is 9.21. The Kier molecular flexibility index (Phi) is 19.5. The van der Waals surface area contributed by atoms with E-state index in [4.69, 9.17) is 0 Å². The lowest BCUT2D eigenvalue weighted by Gasteiger charge is -2.57. The summed E-state index contributed by atoms with van der Waals surface area (Å²) in [6.45, 7) is 24.0. The Morgan fingerprint density at radius 3 is 0.700 bits per heavy atom. The molecule has 0 amide bonds. The normalized spacial score (nSPS) is 12.6. The van der Waals surface area contributed by atoms with Crippen molar-refractivity contribution in [3.05, 3.63) is 0 Å². The molecule has 0 aliphatic rings. The molecular weight excluding hydrogens is 366 g/mol. The van der Waals surface area contributed by atoms with Crippen molar-refractivity contribution in [2.24, 2.45) is 0 Å². The summed E-state index contributed by atoms with van der Waals surface area (Å²) >= 11 is 0. The van der Waals surface area contributed by atoms with Crippen molar-refractivity contribution in [3.8, 4) is 0 Å². The van der Waals surface area contributed by atoms with Gasteiger partial charge in [0.25, 0.3) is 0 Å². The number of hydrogen-bond acceptors (Lipinski definition) is 3. The summed E-state index contributed by atoms with van der Waals surface area (Å²) in [5.41, 5.74) is 0. The lowest BCUT2D eigenvalue weighted by Crippen LogP contribution is -2.70. The molecule has 0 aromatic carbocycles. The zero-order valence-electron chi connectivity index (χ0n) is 22.3. The van der Waals surface area contributed by atoms with Gasteiger partial charge in [0.05, 0.1) is 0 Å². The molecule has 0 saturated heterocycles. The minimum Gasteiger partial charge on any atom is -0.273 e. The number of hydrogen-bond donors (Lipinski definition) is 0. The molecule has 30 heavy (non-hydrogen) atoms. The van der Waals surface area contributed by atoms with Crippen LogP contribution in [0.1, 0.15) is 132 Å². The minimum atomic E-state index is 0.0963. The average molecular weight is 426 g/mol. The Hall–Kier alpha value is -0.120. The van der Waals surface area contributed by atoms with Crippen molar-refractivity contribution >= 4 is 0 Å². The van der Waals surface area contributed by atoms with Gasteiger partial charge in [-0.15, -0.1) is 0 Å². The summed E-state index contributed by atoms with van der Waals surface area (Å²) in [6, 6.07) is 0. The molecule has 0 saturated carbocycles. The van der Waals surface area contributed by atoms with E-state index in [1.54, 1.807) is 0 Å². The van der Waals surface area contributed by atoms with Crippen molar-refractivity contribution in [2.75, 3.05) is 39.3 Å². The summed E-state index contributed by atoms with van der Waals surface area (Å²) in [5.74, 6) is 0.0963. The van der Waals surface area contributed by atoms with Gasteiger partial charge in [0.1, 0.15) is 5.79 Å². The molecule has 3 nitrogen and oxygen atoms in total. The van der Waals surface area contributed by atoms with Crippen LogP contribution in [0.4, 0.5) is 0 Å². The molecule has 0 heterocycles. The zero-order chi connectivity index (χ0) is 22.7. The largest absolute Gasteiger partial charge is 0.273 e. The fourth-order valence-corrected chi connectivity index (χ4v) is 4.77. The number of nitrogens with zero attached hydrogens (tertiary/aromatic N) is 3. The van der Waals surface area contributed by atoms with Crippen LogP contribution in [0, 0.1) is 0 Å². The van der Waals surface area contributed by atoms with Crippen LogP contribution in [0.5, 0.6) is 0 Å². The molecule has 0 aliphatic carbocycles. The van der Waals surface area contributed by atoms with E-state index in [0.29, 0.717) is 0 Å². The van der Waals surface area contributed by atoms with Gasteiger partial charge in [0.15, 0.2) is 0 Å². The van der Waals surface area contributed by atoms with Gasteiger partial charge in [-0.3, -0.25) is 14.7 Å². The van der Waals surface area contributed by atoms with Crippen LogP contribution in [0.15, 0.2) is 0 Å². The van der Waals surface area contributed by atoms with Crippen molar-refractivity contribution in [1.82, 2.24) is 14.7 Å². The molecule has 0 aliphatic heterocycles. The molecule has 0 N–H and O–H groups in total. The van der Waals surface area contributed by atoms with Crippen LogP contribution in [-0.4, -0.2) is 59.8 Å². The van der Waals surface area contributed by atoms with E-state index in [2.05, 4.69) is 63.2 Å². The van der Waals surface area contributed by atoms with E-state index < -0.39 is 0 Å². The predicted molar refractivity (Wildman–Crippen MR) is 137 cm³/mol. The summed E-state index contributed by atoms with van der Waals surface area (Å²) in [6.07, 6.45) is 16.8. The van der Waals surface area contributed by atoms with E-state index in [1.807, 2.05) is 0 Å². The summed E-state index contributed by atoms with van der Waals surface area (Å²) in [4.78, 5) is 8.78. The Labute approximate surface area is 192 Å². The molecule has 0 bridgehead atoms. The quantitative estimate of drug-likeness (QED) is 0.164.